The zero-order chi connectivity index (χ0) is 12.3. The molecule has 0 atom stereocenters. The SMILES string of the molecule is C/N=C(\c1ccccc1)c1cc(C)ccc1C. The van der Waals surface area contributed by atoms with Gasteiger partial charge in [0.1, 0.15) is 0 Å². The molecule has 0 heterocycles. The normalized spacial score (nSPS) is 11.6. The summed E-state index contributed by atoms with van der Waals surface area (Å²) in [7, 11) is 1.85. The van der Waals surface area contributed by atoms with Crippen LogP contribution in [-0.2, 0) is 0 Å². The Morgan fingerprint density at radius 1 is 0.941 bits per heavy atom. The minimum atomic E-state index is 1.06. The zero-order valence-corrected chi connectivity index (χ0v) is 10.6. The molecule has 0 aliphatic heterocycles. The molecule has 17 heavy (non-hydrogen) atoms. The third-order valence-electron chi connectivity index (χ3n) is 2.92. The Morgan fingerprint density at radius 3 is 2.29 bits per heavy atom. The molecule has 0 amide bonds. The molecule has 0 spiro atoms. The van der Waals surface area contributed by atoms with Gasteiger partial charge in [0.05, 0.1) is 5.71 Å². The first-order chi connectivity index (χ1) is 8.22. The third-order valence-corrected chi connectivity index (χ3v) is 2.92. The van der Waals surface area contributed by atoms with Gasteiger partial charge in [-0.1, -0.05) is 48.0 Å². The van der Waals surface area contributed by atoms with E-state index >= 15 is 0 Å². The number of hydrogen-bond acceptors (Lipinski definition) is 1. The van der Waals surface area contributed by atoms with Crippen molar-refractivity contribution in [2.75, 3.05) is 7.05 Å². The predicted molar refractivity (Wildman–Crippen MR) is 73.9 cm³/mol. The molecule has 0 bridgehead atoms. The van der Waals surface area contributed by atoms with E-state index in [-0.39, 0.29) is 0 Å². The summed E-state index contributed by atoms with van der Waals surface area (Å²) in [5.41, 5.74) is 5.98. The molecule has 0 aliphatic carbocycles. The van der Waals surface area contributed by atoms with E-state index in [0.29, 0.717) is 0 Å². The van der Waals surface area contributed by atoms with Crippen molar-refractivity contribution in [1.82, 2.24) is 0 Å². The minimum Gasteiger partial charge on any atom is -0.287 e. The van der Waals surface area contributed by atoms with E-state index < -0.39 is 0 Å². The van der Waals surface area contributed by atoms with Crippen LogP contribution in [0.15, 0.2) is 53.5 Å². The lowest BCUT2D eigenvalue weighted by Gasteiger charge is -2.10. The molecule has 0 saturated carbocycles. The topological polar surface area (TPSA) is 12.4 Å². The smallest absolute Gasteiger partial charge is 0.0718 e. The molecule has 0 radical (unpaired) electrons. The standard InChI is InChI=1S/C16H17N/c1-12-9-10-13(2)15(11-12)16(17-3)14-7-5-4-6-8-14/h4-11H,1-3H3/b17-16+. The summed E-state index contributed by atoms with van der Waals surface area (Å²) in [4.78, 5) is 4.45. The third kappa shape index (κ3) is 2.44. The summed E-state index contributed by atoms with van der Waals surface area (Å²) in [5, 5.41) is 0. The molecule has 1 nitrogen and oxygen atoms in total. The van der Waals surface area contributed by atoms with Gasteiger partial charge in [-0.2, -0.15) is 0 Å². The quantitative estimate of drug-likeness (QED) is 0.687. The van der Waals surface area contributed by atoms with E-state index in [1.165, 1.54) is 22.3 Å². The van der Waals surface area contributed by atoms with Gasteiger partial charge in [0.25, 0.3) is 0 Å². The molecule has 0 N–H and O–H groups in total. The van der Waals surface area contributed by atoms with Gasteiger partial charge in [-0.3, -0.25) is 4.99 Å². The van der Waals surface area contributed by atoms with Gasteiger partial charge >= 0.3 is 0 Å². The van der Waals surface area contributed by atoms with Crippen molar-refractivity contribution < 1.29 is 0 Å². The number of aliphatic imine (C=N–C) groups is 1. The Kier molecular flexibility index (Phi) is 3.38. The second-order valence-corrected chi connectivity index (χ2v) is 4.26. The van der Waals surface area contributed by atoms with Crippen LogP contribution in [-0.4, -0.2) is 12.8 Å². The van der Waals surface area contributed by atoms with Gasteiger partial charge in [-0.15, -0.1) is 0 Å². The lowest BCUT2D eigenvalue weighted by molar-refractivity contribution is 1.34. The van der Waals surface area contributed by atoms with Gasteiger partial charge in [0.15, 0.2) is 0 Å². The van der Waals surface area contributed by atoms with Crippen molar-refractivity contribution in [3.63, 3.8) is 0 Å². The summed E-state index contributed by atoms with van der Waals surface area (Å²) >= 11 is 0. The van der Waals surface area contributed by atoms with Crippen molar-refractivity contribution in [2.24, 2.45) is 4.99 Å². The summed E-state index contributed by atoms with van der Waals surface area (Å²) in [6.45, 7) is 4.24. The van der Waals surface area contributed by atoms with Crippen LogP contribution in [0, 0.1) is 13.8 Å². The summed E-state index contributed by atoms with van der Waals surface area (Å²) in [6.07, 6.45) is 0. The number of rotatable bonds is 2. The van der Waals surface area contributed by atoms with Crippen LogP contribution >= 0.6 is 0 Å². The lowest BCUT2D eigenvalue weighted by Crippen LogP contribution is -2.05. The Labute approximate surface area is 103 Å². The largest absolute Gasteiger partial charge is 0.287 e. The molecule has 1 heteroatoms. The van der Waals surface area contributed by atoms with Gasteiger partial charge in [0.2, 0.25) is 0 Å². The number of aryl methyl sites for hydroxylation is 2. The van der Waals surface area contributed by atoms with E-state index in [0.717, 1.165) is 5.71 Å². The predicted octanol–water partition coefficient (Wildman–Crippen LogP) is 3.77. The molecule has 0 saturated heterocycles. The van der Waals surface area contributed by atoms with E-state index in [2.05, 4.69) is 49.2 Å². The second kappa shape index (κ2) is 4.96. The van der Waals surface area contributed by atoms with Crippen LogP contribution < -0.4 is 0 Å². The van der Waals surface area contributed by atoms with E-state index in [9.17, 15) is 0 Å². The Hall–Kier alpha value is -1.89. The van der Waals surface area contributed by atoms with Crippen LogP contribution in [0.4, 0.5) is 0 Å². The van der Waals surface area contributed by atoms with Crippen LogP contribution in [0.1, 0.15) is 22.3 Å². The Balaban J connectivity index is 2.54. The molecule has 2 aromatic carbocycles. The second-order valence-electron chi connectivity index (χ2n) is 4.26. The van der Waals surface area contributed by atoms with Crippen molar-refractivity contribution in [2.45, 2.75) is 13.8 Å². The molecule has 2 rings (SSSR count). The highest BCUT2D eigenvalue weighted by atomic mass is 14.7. The fraction of sp³-hybridized carbons (Fsp3) is 0.188. The average molecular weight is 223 g/mol. The maximum atomic E-state index is 4.45. The van der Waals surface area contributed by atoms with Crippen molar-refractivity contribution in [1.29, 1.82) is 0 Å². The van der Waals surface area contributed by atoms with Crippen molar-refractivity contribution in [3.8, 4) is 0 Å². The van der Waals surface area contributed by atoms with Gasteiger partial charge in [-0.05, 0) is 25.5 Å². The van der Waals surface area contributed by atoms with E-state index in [1.54, 1.807) is 0 Å². The monoisotopic (exact) mass is 223 g/mol. The summed E-state index contributed by atoms with van der Waals surface area (Å²) in [5.74, 6) is 0. The first-order valence-corrected chi connectivity index (χ1v) is 5.82. The molecule has 0 aromatic heterocycles. The number of hydrogen-bond donors (Lipinski definition) is 0. The van der Waals surface area contributed by atoms with E-state index in [4.69, 9.17) is 0 Å². The van der Waals surface area contributed by atoms with Crippen LogP contribution in [0.3, 0.4) is 0 Å². The zero-order valence-electron chi connectivity index (χ0n) is 10.6. The lowest BCUT2D eigenvalue weighted by atomic mass is 9.96. The fourth-order valence-electron chi connectivity index (χ4n) is 1.99. The van der Waals surface area contributed by atoms with Gasteiger partial charge < -0.3 is 0 Å². The highest BCUT2D eigenvalue weighted by Gasteiger charge is 2.08. The van der Waals surface area contributed by atoms with Gasteiger partial charge in [0, 0.05) is 18.2 Å². The highest BCUT2D eigenvalue weighted by Crippen LogP contribution is 2.16. The van der Waals surface area contributed by atoms with Crippen molar-refractivity contribution in [3.05, 3.63) is 70.8 Å². The molecule has 2 aromatic rings. The first kappa shape index (κ1) is 11.6. The number of nitrogens with zero attached hydrogens (tertiary/aromatic N) is 1. The highest BCUT2D eigenvalue weighted by molar-refractivity contribution is 6.13. The molecular weight excluding hydrogens is 206 g/mol. The maximum absolute atomic E-state index is 4.45. The van der Waals surface area contributed by atoms with Gasteiger partial charge in [-0.25, -0.2) is 0 Å². The van der Waals surface area contributed by atoms with Crippen molar-refractivity contribution >= 4 is 5.71 Å². The first-order valence-electron chi connectivity index (χ1n) is 5.82. The maximum Gasteiger partial charge on any atom is 0.0718 e. The average Bonchev–Trinajstić information content (AvgIpc) is 2.36. The summed E-state index contributed by atoms with van der Waals surface area (Å²) < 4.78 is 0. The van der Waals surface area contributed by atoms with E-state index in [1.807, 2.05) is 25.2 Å². The van der Waals surface area contributed by atoms with Crippen LogP contribution in [0.5, 0.6) is 0 Å². The Morgan fingerprint density at radius 2 is 1.65 bits per heavy atom. The summed E-state index contributed by atoms with van der Waals surface area (Å²) in [6, 6.07) is 16.8. The minimum absolute atomic E-state index is 1.06. The Bertz CT molecular complexity index is 539. The molecule has 86 valence electrons. The molecule has 0 fully saturated rings. The number of benzene rings is 2. The fourth-order valence-corrected chi connectivity index (χ4v) is 1.99. The molecule has 0 aliphatic rings. The molecule has 0 unspecified atom stereocenters. The van der Waals surface area contributed by atoms with Crippen LogP contribution in [0.2, 0.25) is 0 Å². The molecular formula is C16H17N. The van der Waals surface area contributed by atoms with Crippen LogP contribution in [0.25, 0.3) is 0 Å².